The average molecular weight is 304 g/mol. The van der Waals surface area contributed by atoms with Gasteiger partial charge in [0.2, 0.25) is 5.91 Å². The van der Waals surface area contributed by atoms with Crippen LogP contribution < -0.4 is 5.32 Å². The molecule has 0 aliphatic heterocycles. The van der Waals surface area contributed by atoms with Crippen LogP contribution in [0.4, 0.5) is 5.69 Å². The van der Waals surface area contributed by atoms with Gasteiger partial charge in [0.15, 0.2) is 0 Å². The van der Waals surface area contributed by atoms with E-state index in [1.807, 2.05) is 45.4 Å². The Hall–Kier alpha value is -1.82. The van der Waals surface area contributed by atoms with Crippen LogP contribution in [0.1, 0.15) is 19.5 Å². The molecule has 0 unspecified atom stereocenters. The second-order valence-electron chi connectivity index (χ2n) is 5.55. The Balaban J connectivity index is 2.19. The summed E-state index contributed by atoms with van der Waals surface area (Å²) in [5.41, 5.74) is 1.97. The third-order valence-electron chi connectivity index (χ3n) is 3.18. The fraction of sp³-hybridized carbons (Fsp3) is 0.400. The minimum Gasteiger partial charge on any atom is -0.323 e. The molecule has 2 rings (SSSR count). The van der Waals surface area contributed by atoms with E-state index < -0.39 is 5.41 Å². The summed E-state index contributed by atoms with van der Waals surface area (Å²) >= 11 is 1.66. The zero-order chi connectivity index (χ0) is 15.5. The molecule has 0 aliphatic carbocycles. The minimum absolute atomic E-state index is 0.00527. The van der Waals surface area contributed by atoms with Crippen molar-refractivity contribution in [2.45, 2.75) is 20.8 Å². The molecule has 0 aromatic carbocycles. The zero-order valence-corrected chi connectivity index (χ0v) is 13.6. The molecule has 0 atom stereocenters. The van der Waals surface area contributed by atoms with E-state index in [1.54, 1.807) is 28.8 Å². The highest BCUT2D eigenvalue weighted by Gasteiger charge is 2.27. The molecule has 21 heavy (non-hydrogen) atoms. The molecule has 0 spiro atoms. The van der Waals surface area contributed by atoms with Crippen LogP contribution in [0.15, 0.2) is 30.7 Å². The maximum atomic E-state index is 12.3. The van der Waals surface area contributed by atoms with Crippen molar-refractivity contribution in [2.24, 2.45) is 5.41 Å². The van der Waals surface area contributed by atoms with Gasteiger partial charge in [0.25, 0.3) is 0 Å². The van der Waals surface area contributed by atoms with Crippen molar-refractivity contribution in [3.05, 3.63) is 36.4 Å². The fourth-order valence-corrected chi connectivity index (χ4v) is 2.77. The van der Waals surface area contributed by atoms with Crippen molar-refractivity contribution in [3.63, 3.8) is 0 Å². The number of hydrogen-bond acceptors (Lipinski definition) is 4. The van der Waals surface area contributed by atoms with E-state index in [0.29, 0.717) is 0 Å². The van der Waals surface area contributed by atoms with Crippen molar-refractivity contribution < 1.29 is 4.79 Å². The summed E-state index contributed by atoms with van der Waals surface area (Å²) in [6.07, 6.45) is 7.27. The summed E-state index contributed by atoms with van der Waals surface area (Å²) < 4.78 is 1.72. The number of thioether (sulfide) groups is 1. The van der Waals surface area contributed by atoms with Crippen LogP contribution in [0.5, 0.6) is 0 Å². The fourth-order valence-electron chi connectivity index (χ4n) is 1.92. The molecule has 0 bridgehead atoms. The van der Waals surface area contributed by atoms with Crippen molar-refractivity contribution in [2.75, 3.05) is 17.3 Å². The standard InChI is InChI=1S/C15H20N4OS/c1-11-13(17-14(20)15(2,3)10-21-4)9-19(18-11)12-6-5-7-16-8-12/h5-9H,10H2,1-4H3,(H,17,20). The predicted molar refractivity (Wildman–Crippen MR) is 86.9 cm³/mol. The normalized spacial score (nSPS) is 11.4. The number of aromatic nitrogens is 3. The van der Waals surface area contributed by atoms with Crippen molar-refractivity contribution in [1.82, 2.24) is 14.8 Å². The first-order chi connectivity index (χ1) is 9.94. The van der Waals surface area contributed by atoms with Gasteiger partial charge in [-0.05, 0) is 25.3 Å². The molecule has 2 heterocycles. The Bertz CT molecular complexity index is 622. The minimum atomic E-state index is -0.414. The smallest absolute Gasteiger partial charge is 0.230 e. The van der Waals surface area contributed by atoms with Crippen LogP contribution in [0, 0.1) is 12.3 Å². The van der Waals surface area contributed by atoms with E-state index in [2.05, 4.69) is 15.4 Å². The first-order valence-electron chi connectivity index (χ1n) is 6.71. The summed E-state index contributed by atoms with van der Waals surface area (Å²) in [4.78, 5) is 16.4. The van der Waals surface area contributed by atoms with Gasteiger partial charge in [-0.3, -0.25) is 9.78 Å². The van der Waals surface area contributed by atoms with Crippen molar-refractivity contribution >= 4 is 23.4 Å². The van der Waals surface area contributed by atoms with Crippen molar-refractivity contribution in [3.8, 4) is 5.69 Å². The number of nitrogens with zero attached hydrogens (tertiary/aromatic N) is 3. The molecule has 1 amide bonds. The Labute approximate surface area is 129 Å². The molecular formula is C15H20N4OS. The summed E-state index contributed by atoms with van der Waals surface area (Å²) in [5.74, 6) is 0.778. The molecular weight excluding hydrogens is 284 g/mol. The van der Waals surface area contributed by atoms with Crippen LogP contribution >= 0.6 is 11.8 Å². The second-order valence-corrected chi connectivity index (χ2v) is 6.42. The number of amides is 1. The number of rotatable bonds is 5. The Morgan fingerprint density at radius 3 is 2.86 bits per heavy atom. The van der Waals surface area contributed by atoms with E-state index in [0.717, 1.165) is 22.8 Å². The monoisotopic (exact) mass is 304 g/mol. The summed E-state index contributed by atoms with van der Waals surface area (Å²) in [5, 5.41) is 7.39. The number of anilines is 1. The van der Waals surface area contributed by atoms with Crippen LogP contribution in [-0.4, -0.2) is 32.7 Å². The highest BCUT2D eigenvalue weighted by Crippen LogP contribution is 2.24. The number of pyridine rings is 1. The number of aryl methyl sites for hydroxylation is 1. The van der Waals surface area contributed by atoms with E-state index in [1.165, 1.54) is 0 Å². The quantitative estimate of drug-likeness (QED) is 0.922. The topological polar surface area (TPSA) is 59.8 Å². The summed E-state index contributed by atoms with van der Waals surface area (Å²) in [6.45, 7) is 5.77. The Morgan fingerprint density at radius 2 is 2.24 bits per heavy atom. The summed E-state index contributed by atoms with van der Waals surface area (Å²) in [7, 11) is 0. The molecule has 2 aromatic heterocycles. The first kappa shape index (κ1) is 15.6. The molecule has 0 saturated carbocycles. The number of carbonyl (C=O) groups is 1. The average Bonchev–Trinajstić information content (AvgIpc) is 2.81. The van der Waals surface area contributed by atoms with Crippen LogP contribution in [-0.2, 0) is 4.79 Å². The van der Waals surface area contributed by atoms with Crippen LogP contribution in [0.3, 0.4) is 0 Å². The molecule has 2 aromatic rings. The number of carbonyl (C=O) groups excluding carboxylic acids is 1. The van der Waals surface area contributed by atoms with Gasteiger partial charge in [-0.15, -0.1) is 0 Å². The number of hydrogen-bond donors (Lipinski definition) is 1. The molecule has 6 heteroatoms. The second kappa shape index (κ2) is 6.30. The molecule has 5 nitrogen and oxygen atoms in total. The lowest BCUT2D eigenvalue weighted by Gasteiger charge is -2.22. The van der Waals surface area contributed by atoms with Gasteiger partial charge in [-0.2, -0.15) is 16.9 Å². The molecule has 0 saturated heterocycles. The Morgan fingerprint density at radius 1 is 1.48 bits per heavy atom. The maximum Gasteiger partial charge on any atom is 0.230 e. The predicted octanol–water partition coefficient (Wildman–Crippen LogP) is 2.90. The van der Waals surface area contributed by atoms with E-state index >= 15 is 0 Å². The largest absolute Gasteiger partial charge is 0.323 e. The summed E-state index contributed by atoms with van der Waals surface area (Å²) in [6, 6.07) is 3.77. The number of nitrogens with one attached hydrogen (secondary N) is 1. The SMILES string of the molecule is CSCC(C)(C)C(=O)Nc1cn(-c2cccnc2)nc1C. The van der Waals surface area contributed by atoms with E-state index in [4.69, 9.17) is 0 Å². The molecule has 0 aliphatic rings. The van der Waals surface area contributed by atoms with Gasteiger partial charge in [0, 0.05) is 11.9 Å². The zero-order valence-electron chi connectivity index (χ0n) is 12.8. The van der Waals surface area contributed by atoms with E-state index in [9.17, 15) is 4.79 Å². The third-order valence-corrected chi connectivity index (χ3v) is 4.19. The highest BCUT2D eigenvalue weighted by atomic mass is 32.2. The van der Waals surface area contributed by atoms with Crippen molar-refractivity contribution in [1.29, 1.82) is 0 Å². The van der Waals surface area contributed by atoms with Gasteiger partial charge in [-0.1, -0.05) is 13.8 Å². The van der Waals surface area contributed by atoms with Gasteiger partial charge >= 0.3 is 0 Å². The molecule has 0 fully saturated rings. The van der Waals surface area contributed by atoms with Gasteiger partial charge in [0.1, 0.15) is 0 Å². The first-order valence-corrected chi connectivity index (χ1v) is 8.10. The molecule has 112 valence electrons. The van der Waals surface area contributed by atoms with E-state index in [-0.39, 0.29) is 5.91 Å². The lowest BCUT2D eigenvalue weighted by molar-refractivity contribution is -0.122. The third kappa shape index (κ3) is 3.64. The van der Waals surface area contributed by atoms with Gasteiger partial charge < -0.3 is 5.32 Å². The van der Waals surface area contributed by atoms with Crippen LogP contribution in [0.2, 0.25) is 0 Å². The lowest BCUT2D eigenvalue weighted by atomic mass is 9.95. The lowest BCUT2D eigenvalue weighted by Crippen LogP contribution is -2.32. The maximum absolute atomic E-state index is 12.3. The van der Waals surface area contributed by atoms with Crippen LogP contribution in [0.25, 0.3) is 5.69 Å². The Kier molecular flexibility index (Phi) is 4.67. The van der Waals surface area contributed by atoms with Gasteiger partial charge in [0.05, 0.1) is 34.9 Å². The molecule has 0 radical (unpaired) electrons. The molecule has 1 N–H and O–H groups in total. The van der Waals surface area contributed by atoms with Gasteiger partial charge in [-0.25, -0.2) is 4.68 Å². The highest BCUT2D eigenvalue weighted by molar-refractivity contribution is 7.98.